The van der Waals surface area contributed by atoms with Crippen LogP contribution in [-0.4, -0.2) is 29.1 Å². The van der Waals surface area contributed by atoms with Crippen molar-refractivity contribution in [2.24, 2.45) is 5.92 Å². The fraction of sp³-hybridized carbons (Fsp3) is 0.625. The number of aliphatic hydroxyl groups excluding tert-OH is 1. The van der Waals surface area contributed by atoms with Gasteiger partial charge < -0.3 is 10.8 Å². The van der Waals surface area contributed by atoms with Crippen LogP contribution in [0, 0.1) is 5.92 Å². The van der Waals surface area contributed by atoms with E-state index in [1.807, 2.05) is 24.3 Å². The van der Waals surface area contributed by atoms with Crippen LogP contribution < -0.4 is 5.73 Å². The van der Waals surface area contributed by atoms with Crippen molar-refractivity contribution in [1.82, 2.24) is 4.90 Å². The van der Waals surface area contributed by atoms with Crippen LogP contribution in [0.2, 0.25) is 0 Å². The zero-order valence-electron chi connectivity index (χ0n) is 11.5. The van der Waals surface area contributed by atoms with E-state index in [1.165, 1.54) is 32.1 Å². The molecule has 0 bridgehead atoms. The van der Waals surface area contributed by atoms with Gasteiger partial charge in [0.1, 0.15) is 0 Å². The summed E-state index contributed by atoms with van der Waals surface area (Å²) in [5, 5.41) is 10.4. The Morgan fingerprint density at radius 1 is 1.21 bits per heavy atom. The van der Waals surface area contributed by atoms with E-state index in [9.17, 15) is 5.11 Å². The number of nitrogens with two attached hydrogens (primary N) is 1. The lowest BCUT2D eigenvalue weighted by atomic mass is 9.85. The van der Waals surface area contributed by atoms with Gasteiger partial charge >= 0.3 is 0 Å². The van der Waals surface area contributed by atoms with Gasteiger partial charge in [-0.1, -0.05) is 31.0 Å². The molecule has 19 heavy (non-hydrogen) atoms. The summed E-state index contributed by atoms with van der Waals surface area (Å²) in [4.78, 5) is 2.49. The third-order valence-electron chi connectivity index (χ3n) is 4.89. The maximum atomic E-state index is 10.4. The molecule has 1 aliphatic heterocycles. The average molecular weight is 260 g/mol. The van der Waals surface area contributed by atoms with Gasteiger partial charge in [0.25, 0.3) is 0 Å². The molecule has 0 amide bonds. The number of rotatable bonds is 3. The molecule has 0 radical (unpaired) electrons. The minimum Gasteiger partial charge on any atom is -0.398 e. The van der Waals surface area contributed by atoms with E-state index in [-0.39, 0.29) is 0 Å². The molecule has 3 unspecified atom stereocenters. The molecule has 0 aromatic heterocycles. The van der Waals surface area contributed by atoms with Gasteiger partial charge in [-0.3, -0.25) is 4.90 Å². The van der Waals surface area contributed by atoms with Gasteiger partial charge in [0.05, 0.1) is 6.10 Å². The second-order valence-corrected chi connectivity index (χ2v) is 6.04. The molecule has 3 atom stereocenters. The number of para-hydroxylation sites is 1. The lowest BCUT2D eigenvalue weighted by Gasteiger charge is -2.33. The molecule has 104 valence electrons. The Hall–Kier alpha value is -1.06. The topological polar surface area (TPSA) is 49.5 Å². The Bertz CT molecular complexity index is 435. The number of likely N-dealkylation sites (tertiary alicyclic amines) is 1. The number of nitrogens with zero attached hydrogens (tertiary/aromatic N) is 1. The molecule has 3 rings (SSSR count). The standard InChI is InChI=1S/C16H24N2O/c17-14-7-3-2-6-13(14)16(19)11-18-10-9-12-5-1-4-8-15(12)18/h2-3,6-7,12,15-16,19H,1,4-5,8-11,17H2. The molecule has 1 saturated heterocycles. The van der Waals surface area contributed by atoms with Gasteiger partial charge in [0, 0.05) is 23.8 Å². The van der Waals surface area contributed by atoms with Gasteiger partial charge in [-0.05, 0) is 37.8 Å². The number of anilines is 1. The van der Waals surface area contributed by atoms with Crippen molar-refractivity contribution < 1.29 is 5.11 Å². The SMILES string of the molecule is Nc1ccccc1C(O)CN1CCC2CCCCC21. The lowest BCUT2D eigenvalue weighted by molar-refractivity contribution is 0.0897. The second-order valence-electron chi connectivity index (χ2n) is 6.04. The van der Waals surface area contributed by atoms with E-state index in [0.717, 1.165) is 24.6 Å². The Balaban J connectivity index is 1.67. The van der Waals surface area contributed by atoms with Crippen molar-refractivity contribution in [2.75, 3.05) is 18.8 Å². The van der Waals surface area contributed by atoms with Crippen LogP contribution in [0.4, 0.5) is 5.69 Å². The van der Waals surface area contributed by atoms with Crippen molar-refractivity contribution in [2.45, 2.75) is 44.2 Å². The van der Waals surface area contributed by atoms with Crippen molar-refractivity contribution in [3.63, 3.8) is 0 Å². The molecule has 2 aliphatic rings. The molecular formula is C16H24N2O. The molecule has 1 heterocycles. The van der Waals surface area contributed by atoms with Gasteiger partial charge in [-0.2, -0.15) is 0 Å². The molecule has 1 aliphatic carbocycles. The highest BCUT2D eigenvalue weighted by atomic mass is 16.3. The Labute approximate surface area is 115 Å². The van der Waals surface area contributed by atoms with Crippen LogP contribution >= 0.6 is 0 Å². The Kier molecular flexibility index (Phi) is 3.76. The third kappa shape index (κ3) is 2.63. The predicted octanol–water partition coefficient (Wildman–Crippen LogP) is 2.57. The van der Waals surface area contributed by atoms with Gasteiger partial charge in [0.2, 0.25) is 0 Å². The van der Waals surface area contributed by atoms with E-state index in [2.05, 4.69) is 4.90 Å². The minimum absolute atomic E-state index is 0.457. The second kappa shape index (κ2) is 5.51. The van der Waals surface area contributed by atoms with Gasteiger partial charge in [0.15, 0.2) is 0 Å². The molecular weight excluding hydrogens is 236 g/mol. The number of hydrogen-bond donors (Lipinski definition) is 2. The number of β-amino-alcohol motifs (C(OH)–C–C–N with tert-alkyl or cyclic N) is 1. The van der Waals surface area contributed by atoms with Crippen molar-refractivity contribution >= 4 is 5.69 Å². The molecule has 3 N–H and O–H groups in total. The normalized spacial score (nSPS) is 29.1. The minimum atomic E-state index is -0.457. The summed E-state index contributed by atoms with van der Waals surface area (Å²) in [7, 11) is 0. The maximum Gasteiger partial charge on any atom is 0.0936 e. The zero-order chi connectivity index (χ0) is 13.2. The molecule has 2 fully saturated rings. The summed E-state index contributed by atoms with van der Waals surface area (Å²) in [6.07, 6.45) is 6.28. The monoisotopic (exact) mass is 260 g/mol. The number of aliphatic hydroxyl groups is 1. The maximum absolute atomic E-state index is 10.4. The summed E-state index contributed by atoms with van der Waals surface area (Å²) in [5.74, 6) is 0.870. The molecule has 1 saturated carbocycles. The summed E-state index contributed by atoms with van der Waals surface area (Å²) in [5.41, 5.74) is 7.53. The summed E-state index contributed by atoms with van der Waals surface area (Å²) >= 11 is 0. The smallest absolute Gasteiger partial charge is 0.0936 e. The van der Waals surface area contributed by atoms with Gasteiger partial charge in [-0.25, -0.2) is 0 Å². The first kappa shape index (κ1) is 12.9. The van der Waals surface area contributed by atoms with Crippen LogP contribution in [-0.2, 0) is 0 Å². The number of fused-ring (bicyclic) bond motifs is 1. The highest BCUT2D eigenvalue weighted by Crippen LogP contribution is 2.37. The van der Waals surface area contributed by atoms with E-state index in [1.54, 1.807) is 0 Å². The Morgan fingerprint density at radius 2 is 2.00 bits per heavy atom. The van der Waals surface area contributed by atoms with Crippen molar-refractivity contribution in [3.05, 3.63) is 29.8 Å². The van der Waals surface area contributed by atoms with Crippen LogP contribution in [0.15, 0.2) is 24.3 Å². The van der Waals surface area contributed by atoms with E-state index in [0.29, 0.717) is 11.7 Å². The largest absolute Gasteiger partial charge is 0.398 e. The first-order valence-electron chi connectivity index (χ1n) is 7.52. The average Bonchev–Trinajstić information content (AvgIpc) is 2.83. The third-order valence-corrected chi connectivity index (χ3v) is 4.89. The fourth-order valence-electron chi connectivity index (χ4n) is 3.86. The quantitative estimate of drug-likeness (QED) is 0.821. The van der Waals surface area contributed by atoms with Crippen molar-refractivity contribution in [1.29, 1.82) is 0 Å². The molecule has 1 aromatic carbocycles. The van der Waals surface area contributed by atoms with E-state index < -0.39 is 6.10 Å². The first-order valence-corrected chi connectivity index (χ1v) is 7.52. The van der Waals surface area contributed by atoms with E-state index in [4.69, 9.17) is 5.73 Å². The van der Waals surface area contributed by atoms with Gasteiger partial charge in [-0.15, -0.1) is 0 Å². The highest BCUT2D eigenvalue weighted by Gasteiger charge is 2.36. The molecule has 1 aromatic rings. The number of benzene rings is 1. The van der Waals surface area contributed by atoms with Crippen LogP contribution in [0.1, 0.15) is 43.8 Å². The lowest BCUT2D eigenvalue weighted by Crippen LogP contribution is -2.37. The summed E-state index contributed by atoms with van der Waals surface area (Å²) in [6.45, 7) is 1.87. The molecule has 0 spiro atoms. The van der Waals surface area contributed by atoms with Crippen LogP contribution in [0.5, 0.6) is 0 Å². The highest BCUT2D eigenvalue weighted by molar-refractivity contribution is 5.47. The van der Waals surface area contributed by atoms with E-state index >= 15 is 0 Å². The molecule has 3 heteroatoms. The predicted molar refractivity (Wildman–Crippen MR) is 77.8 cm³/mol. The van der Waals surface area contributed by atoms with Crippen LogP contribution in [0.3, 0.4) is 0 Å². The van der Waals surface area contributed by atoms with Crippen molar-refractivity contribution in [3.8, 4) is 0 Å². The fourth-order valence-corrected chi connectivity index (χ4v) is 3.86. The summed E-state index contributed by atoms with van der Waals surface area (Å²) in [6, 6.07) is 8.37. The number of hydrogen-bond acceptors (Lipinski definition) is 3. The Morgan fingerprint density at radius 3 is 2.84 bits per heavy atom. The summed E-state index contributed by atoms with van der Waals surface area (Å²) < 4.78 is 0. The zero-order valence-corrected chi connectivity index (χ0v) is 11.5. The van der Waals surface area contributed by atoms with Crippen LogP contribution in [0.25, 0.3) is 0 Å². The number of nitrogen functional groups attached to an aromatic ring is 1. The molecule has 3 nitrogen and oxygen atoms in total. The first-order chi connectivity index (χ1) is 9.25.